The van der Waals surface area contributed by atoms with Crippen molar-refractivity contribution < 1.29 is 14.3 Å². The lowest BCUT2D eigenvalue weighted by atomic mass is 10.2. The second-order valence-corrected chi connectivity index (χ2v) is 3.03. The SMILES string of the molecule is CCCCCc1ccc(C(=O)O)o1. The maximum absolute atomic E-state index is 10.5. The molecular formula is C10H14O3. The summed E-state index contributed by atoms with van der Waals surface area (Å²) in [4.78, 5) is 10.5. The molecule has 0 saturated heterocycles. The molecule has 1 aromatic heterocycles. The van der Waals surface area contributed by atoms with Crippen LogP contribution in [0, 0.1) is 0 Å². The van der Waals surface area contributed by atoms with Gasteiger partial charge in [0.2, 0.25) is 5.76 Å². The number of hydrogen-bond donors (Lipinski definition) is 1. The predicted octanol–water partition coefficient (Wildman–Crippen LogP) is 2.71. The molecule has 0 saturated carbocycles. The van der Waals surface area contributed by atoms with Crippen molar-refractivity contribution in [2.45, 2.75) is 32.6 Å². The molecule has 1 aromatic rings. The topological polar surface area (TPSA) is 50.4 Å². The van der Waals surface area contributed by atoms with Crippen molar-refractivity contribution in [1.29, 1.82) is 0 Å². The van der Waals surface area contributed by atoms with Crippen LogP contribution in [0.2, 0.25) is 0 Å². The number of rotatable bonds is 5. The van der Waals surface area contributed by atoms with Crippen molar-refractivity contribution in [2.75, 3.05) is 0 Å². The van der Waals surface area contributed by atoms with Crippen molar-refractivity contribution in [3.63, 3.8) is 0 Å². The Hall–Kier alpha value is -1.25. The normalized spacial score (nSPS) is 10.2. The van der Waals surface area contributed by atoms with Gasteiger partial charge in [-0.2, -0.15) is 0 Å². The van der Waals surface area contributed by atoms with E-state index in [4.69, 9.17) is 9.52 Å². The van der Waals surface area contributed by atoms with Gasteiger partial charge in [0.15, 0.2) is 0 Å². The minimum atomic E-state index is -0.998. The maximum atomic E-state index is 10.5. The van der Waals surface area contributed by atoms with Crippen LogP contribution in [0.1, 0.15) is 42.5 Å². The molecule has 0 radical (unpaired) electrons. The molecule has 13 heavy (non-hydrogen) atoms. The lowest BCUT2D eigenvalue weighted by Crippen LogP contribution is -1.92. The van der Waals surface area contributed by atoms with E-state index in [1.807, 2.05) is 0 Å². The summed E-state index contributed by atoms with van der Waals surface area (Å²) < 4.78 is 5.09. The van der Waals surface area contributed by atoms with E-state index < -0.39 is 5.97 Å². The van der Waals surface area contributed by atoms with Gasteiger partial charge in [0, 0.05) is 6.42 Å². The predicted molar refractivity (Wildman–Crippen MR) is 48.9 cm³/mol. The lowest BCUT2D eigenvalue weighted by molar-refractivity contribution is 0.0660. The van der Waals surface area contributed by atoms with Gasteiger partial charge in [-0.05, 0) is 18.6 Å². The van der Waals surface area contributed by atoms with E-state index in [0.29, 0.717) is 0 Å². The average Bonchev–Trinajstić information content (AvgIpc) is 2.53. The number of aryl methyl sites for hydroxylation is 1. The largest absolute Gasteiger partial charge is 0.475 e. The molecule has 72 valence electrons. The molecule has 3 nitrogen and oxygen atoms in total. The van der Waals surface area contributed by atoms with Gasteiger partial charge in [-0.25, -0.2) is 4.79 Å². The fraction of sp³-hybridized carbons (Fsp3) is 0.500. The Balaban J connectivity index is 2.44. The Bertz CT molecular complexity index is 275. The number of carbonyl (C=O) groups is 1. The summed E-state index contributed by atoms with van der Waals surface area (Å²) >= 11 is 0. The van der Waals surface area contributed by atoms with E-state index in [1.165, 1.54) is 6.07 Å². The van der Waals surface area contributed by atoms with Crippen LogP contribution < -0.4 is 0 Å². The fourth-order valence-electron chi connectivity index (χ4n) is 1.18. The number of furan rings is 1. The molecule has 0 amide bonds. The highest BCUT2D eigenvalue weighted by atomic mass is 16.4. The van der Waals surface area contributed by atoms with Crippen LogP contribution in [0.4, 0.5) is 0 Å². The highest BCUT2D eigenvalue weighted by Gasteiger charge is 2.07. The molecule has 1 rings (SSSR count). The van der Waals surface area contributed by atoms with Crippen LogP contribution in [0.25, 0.3) is 0 Å². The first kappa shape index (κ1) is 9.84. The number of aromatic carboxylic acids is 1. The highest BCUT2D eigenvalue weighted by Crippen LogP contribution is 2.11. The Morgan fingerprint density at radius 2 is 2.23 bits per heavy atom. The Morgan fingerprint density at radius 1 is 1.46 bits per heavy atom. The van der Waals surface area contributed by atoms with Crippen LogP contribution in [0.5, 0.6) is 0 Å². The molecule has 0 aliphatic rings. The second-order valence-electron chi connectivity index (χ2n) is 3.03. The van der Waals surface area contributed by atoms with E-state index in [0.717, 1.165) is 31.4 Å². The molecule has 0 aromatic carbocycles. The van der Waals surface area contributed by atoms with E-state index in [1.54, 1.807) is 6.07 Å². The summed E-state index contributed by atoms with van der Waals surface area (Å²) in [6.45, 7) is 2.13. The van der Waals surface area contributed by atoms with Crippen molar-refractivity contribution >= 4 is 5.97 Å². The van der Waals surface area contributed by atoms with Crippen LogP contribution in [0.3, 0.4) is 0 Å². The van der Waals surface area contributed by atoms with E-state index in [9.17, 15) is 4.79 Å². The molecule has 0 spiro atoms. The summed E-state index contributed by atoms with van der Waals surface area (Å²) in [5.41, 5.74) is 0. The Kier molecular flexibility index (Phi) is 3.55. The minimum absolute atomic E-state index is 0.0338. The molecule has 3 heteroatoms. The summed E-state index contributed by atoms with van der Waals surface area (Å²) in [5, 5.41) is 8.58. The highest BCUT2D eigenvalue weighted by molar-refractivity contribution is 5.84. The Morgan fingerprint density at radius 3 is 2.77 bits per heavy atom. The number of hydrogen-bond acceptors (Lipinski definition) is 2. The number of carboxylic acid groups (broad SMARTS) is 1. The number of carboxylic acids is 1. The molecular weight excluding hydrogens is 168 g/mol. The molecule has 1 heterocycles. The zero-order valence-electron chi connectivity index (χ0n) is 7.75. The van der Waals surface area contributed by atoms with Crippen molar-refractivity contribution in [1.82, 2.24) is 0 Å². The van der Waals surface area contributed by atoms with Gasteiger partial charge in [-0.3, -0.25) is 0 Å². The first-order valence-corrected chi connectivity index (χ1v) is 4.56. The molecule has 0 aliphatic carbocycles. The first-order chi connectivity index (χ1) is 6.24. The van der Waals surface area contributed by atoms with Crippen molar-refractivity contribution in [3.05, 3.63) is 23.7 Å². The monoisotopic (exact) mass is 182 g/mol. The lowest BCUT2D eigenvalue weighted by Gasteiger charge is -1.94. The molecule has 1 N–H and O–H groups in total. The van der Waals surface area contributed by atoms with Gasteiger partial charge < -0.3 is 9.52 Å². The Labute approximate surface area is 77.4 Å². The van der Waals surface area contributed by atoms with Crippen LogP contribution in [0.15, 0.2) is 16.5 Å². The van der Waals surface area contributed by atoms with E-state index >= 15 is 0 Å². The summed E-state index contributed by atoms with van der Waals surface area (Å²) in [5.74, 6) is -0.195. The van der Waals surface area contributed by atoms with Gasteiger partial charge in [-0.1, -0.05) is 19.8 Å². The molecule has 0 unspecified atom stereocenters. The van der Waals surface area contributed by atoms with Gasteiger partial charge >= 0.3 is 5.97 Å². The van der Waals surface area contributed by atoms with Crippen molar-refractivity contribution in [2.24, 2.45) is 0 Å². The number of unbranched alkanes of at least 4 members (excludes halogenated alkanes) is 2. The van der Waals surface area contributed by atoms with Gasteiger partial charge in [0.1, 0.15) is 5.76 Å². The van der Waals surface area contributed by atoms with E-state index in [-0.39, 0.29) is 5.76 Å². The zero-order valence-corrected chi connectivity index (χ0v) is 7.75. The van der Waals surface area contributed by atoms with Crippen LogP contribution >= 0.6 is 0 Å². The van der Waals surface area contributed by atoms with Crippen molar-refractivity contribution in [3.8, 4) is 0 Å². The molecule has 0 bridgehead atoms. The van der Waals surface area contributed by atoms with Gasteiger partial charge in [0.05, 0.1) is 0 Å². The standard InChI is InChI=1S/C10H14O3/c1-2-3-4-5-8-6-7-9(13-8)10(11)12/h6-7H,2-5H2,1H3,(H,11,12). The van der Waals surface area contributed by atoms with Crippen LogP contribution in [-0.2, 0) is 6.42 Å². The third-order valence-electron chi connectivity index (χ3n) is 1.90. The second kappa shape index (κ2) is 4.70. The summed E-state index contributed by atoms with van der Waals surface area (Å²) in [6.07, 6.45) is 4.21. The third-order valence-corrected chi connectivity index (χ3v) is 1.90. The molecule has 0 atom stereocenters. The molecule has 0 aliphatic heterocycles. The molecule has 0 fully saturated rings. The smallest absolute Gasteiger partial charge is 0.371 e. The third kappa shape index (κ3) is 2.93. The fourth-order valence-corrected chi connectivity index (χ4v) is 1.18. The minimum Gasteiger partial charge on any atom is -0.475 e. The van der Waals surface area contributed by atoms with Crippen LogP contribution in [-0.4, -0.2) is 11.1 Å². The average molecular weight is 182 g/mol. The van der Waals surface area contributed by atoms with E-state index in [2.05, 4.69) is 6.92 Å². The summed E-state index contributed by atoms with van der Waals surface area (Å²) in [7, 11) is 0. The van der Waals surface area contributed by atoms with Gasteiger partial charge in [-0.15, -0.1) is 0 Å². The quantitative estimate of drug-likeness (QED) is 0.712. The summed E-state index contributed by atoms with van der Waals surface area (Å²) in [6, 6.07) is 3.24. The maximum Gasteiger partial charge on any atom is 0.371 e. The first-order valence-electron chi connectivity index (χ1n) is 4.56. The zero-order chi connectivity index (χ0) is 9.68. The van der Waals surface area contributed by atoms with Gasteiger partial charge in [0.25, 0.3) is 0 Å².